The van der Waals surface area contributed by atoms with E-state index in [9.17, 15) is 8.42 Å². The third kappa shape index (κ3) is 3.21. The SMILES string of the molecule is CCCC1CCN(S(=O)(=O)c2cc(CCl)n(C)c2)CC1. The normalized spacial score (nSPS) is 18.6. The number of sulfonamides is 1. The van der Waals surface area contributed by atoms with Crippen molar-refractivity contribution < 1.29 is 8.42 Å². The van der Waals surface area contributed by atoms with Crippen LogP contribution in [-0.2, 0) is 23.0 Å². The molecule has 0 bridgehead atoms. The molecule has 0 amide bonds. The van der Waals surface area contributed by atoms with Crippen LogP contribution in [0.4, 0.5) is 0 Å². The van der Waals surface area contributed by atoms with E-state index in [-0.39, 0.29) is 0 Å². The van der Waals surface area contributed by atoms with Gasteiger partial charge in [-0.3, -0.25) is 0 Å². The van der Waals surface area contributed by atoms with Crippen molar-refractivity contribution in [1.29, 1.82) is 0 Å². The van der Waals surface area contributed by atoms with E-state index in [0.717, 1.165) is 18.5 Å². The number of alkyl halides is 1. The zero-order valence-electron chi connectivity index (χ0n) is 12.2. The molecule has 20 heavy (non-hydrogen) atoms. The van der Waals surface area contributed by atoms with Crippen LogP contribution in [0.5, 0.6) is 0 Å². The molecular formula is C14H23ClN2O2S. The van der Waals surface area contributed by atoms with E-state index in [1.54, 1.807) is 21.1 Å². The van der Waals surface area contributed by atoms with E-state index in [0.29, 0.717) is 29.8 Å². The maximum Gasteiger partial charge on any atom is 0.244 e. The average molecular weight is 319 g/mol. The molecule has 0 N–H and O–H groups in total. The molecule has 0 unspecified atom stereocenters. The van der Waals surface area contributed by atoms with Crippen molar-refractivity contribution in [2.75, 3.05) is 13.1 Å². The highest BCUT2D eigenvalue weighted by molar-refractivity contribution is 7.89. The van der Waals surface area contributed by atoms with Gasteiger partial charge in [0.25, 0.3) is 0 Å². The van der Waals surface area contributed by atoms with Crippen molar-refractivity contribution in [3.8, 4) is 0 Å². The predicted octanol–water partition coefficient (Wildman–Crippen LogP) is 2.96. The first-order valence-corrected chi connectivity index (χ1v) is 9.17. The third-order valence-electron chi connectivity index (χ3n) is 4.13. The Hall–Kier alpha value is -0.520. The molecule has 1 aromatic rings. The molecule has 114 valence electrons. The van der Waals surface area contributed by atoms with Crippen LogP contribution in [0.25, 0.3) is 0 Å². The van der Waals surface area contributed by atoms with E-state index in [4.69, 9.17) is 11.6 Å². The second-order valence-corrected chi connectivity index (χ2v) is 7.75. The van der Waals surface area contributed by atoms with Crippen molar-refractivity contribution in [3.63, 3.8) is 0 Å². The number of aryl methyl sites for hydroxylation is 1. The van der Waals surface area contributed by atoms with E-state index >= 15 is 0 Å². The fourth-order valence-electron chi connectivity index (χ4n) is 2.85. The fraction of sp³-hybridized carbons (Fsp3) is 0.714. The molecule has 0 aromatic carbocycles. The Morgan fingerprint density at radius 3 is 2.50 bits per heavy atom. The Morgan fingerprint density at radius 2 is 2.00 bits per heavy atom. The Balaban J connectivity index is 2.11. The monoisotopic (exact) mass is 318 g/mol. The summed E-state index contributed by atoms with van der Waals surface area (Å²) in [4.78, 5) is 0.365. The van der Waals surface area contributed by atoms with Crippen molar-refractivity contribution >= 4 is 21.6 Å². The van der Waals surface area contributed by atoms with Gasteiger partial charge in [0, 0.05) is 32.0 Å². The van der Waals surface area contributed by atoms with Crippen LogP contribution in [0, 0.1) is 5.92 Å². The van der Waals surface area contributed by atoms with E-state index in [2.05, 4.69) is 6.92 Å². The first-order chi connectivity index (χ1) is 9.48. The van der Waals surface area contributed by atoms with Gasteiger partial charge in [0.2, 0.25) is 10.0 Å². The van der Waals surface area contributed by atoms with Crippen LogP contribution in [-0.4, -0.2) is 30.4 Å². The number of piperidine rings is 1. The van der Waals surface area contributed by atoms with Gasteiger partial charge < -0.3 is 4.57 Å². The highest BCUT2D eigenvalue weighted by Crippen LogP contribution is 2.27. The summed E-state index contributed by atoms with van der Waals surface area (Å²) < 4.78 is 28.6. The summed E-state index contributed by atoms with van der Waals surface area (Å²) in [5.74, 6) is 1.01. The molecule has 1 fully saturated rings. The minimum absolute atomic E-state index is 0.324. The topological polar surface area (TPSA) is 42.3 Å². The van der Waals surface area contributed by atoms with Gasteiger partial charge in [-0.25, -0.2) is 8.42 Å². The first-order valence-electron chi connectivity index (χ1n) is 7.20. The van der Waals surface area contributed by atoms with Gasteiger partial charge in [-0.1, -0.05) is 19.8 Å². The number of halogens is 1. The van der Waals surface area contributed by atoms with Gasteiger partial charge >= 0.3 is 0 Å². The lowest BCUT2D eigenvalue weighted by molar-refractivity contribution is 0.262. The summed E-state index contributed by atoms with van der Waals surface area (Å²) in [7, 11) is -1.53. The van der Waals surface area contributed by atoms with Crippen LogP contribution < -0.4 is 0 Å². The average Bonchev–Trinajstić information content (AvgIpc) is 2.82. The number of hydrogen-bond donors (Lipinski definition) is 0. The molecule has 1 saturated heterocycles. The second-order valence-electron chi connectivity index (χ2n) is 5.55. The lowest BCUT2D eigenvalue weighted by Gasteiger charge is -2.30. The molecule has 1 aliphatic rings. The molecule has 6 heteroatoms. The molecule has 4 nitrogen and oxygen atoms in total. The van der Waals surface area contributed by atoms with Crippen molar-refractivity contribution in [2.45, 2.75) is 43.4 Å². The highest BCUT2D eigenvalue weighted by atomic mass is 35.5. The van der Waals surface area contributed by atoms with Gasteiger partial charge in [-0.15, -0.1) is 11.6 Å². The van der Waals surface area contributed by atoms with Crippen molar-refractivity contribution in [1.82, 2.24) is 8.87 Å². The van der Waals surface area contributed by atoms with Gasteiger partial charge in [0.05, 0.1) is 5.88 Å². The zero-order valence-corrected chi connectivity index (χ0v) is 13.8. The number of rotatable bonds is 5. The Morgan fingerprint density at radius 1 is 1.35 bits per heavy atom. The minimum atomic E-state index is -3.36. The van der Waals surface area contributed by atoms with Crippen molar-refractivity contribution in [2.24, 2.45) is 13.0 Å². The lowest BCUT2D eigenvalue weighted by atomic mass is 9.94. The number of aromatic nitrogens is 1. The van der Waals surface area contributed by atoms with Gasteiger partial charge in [-0.2, -0.15) is 4.31 Å². The largest absolute Gasteiger partial charge is 0.352 e. The second kappa shape index (κ2) is 6.50. The van der Waals surface area contributed by atoms with Gasteiger partial charge in [0.15, 0.2) is 0 Å². The molecular weight excluding hydrogens is 296 g/mol. The van der Waals surface area contributed by atoms with E-state index < -0.39 is 10.0 Å². The Kier molecular flexibility index (Phi) is 5.15. The van der Waals surface area contributed by atoms with E-state index in [1.165, 1.54) is 12.8 Å². The quantitative estimate of drug-likeness (QED) is 0.783. The van der Waals surface area contributed by atoms with Crippen LogP contribution in [0.3, 0.4) is 0 Å². The number of hydrogen-bond acceptors (Lipinski definition) is 2. The standard InChI is InChI=1S/C14H23ClN2O2S/c1-3-4-12-5-7-17(8-6-12)20(18,19)14-9-13(10-15)16(2)11-14/h9,11-12H,3-8,10H2,1-2H3. The van der Waals surface area contributed by atoms with Crippen LogP contribution in [0.15, 0.2) is 17.2 Å². The Labute approximate surface area is 126 Å². The molecule has 2 heterocycles. The van der Waals surface area contributed by atoms with Gasteiger partial charge in [0.1, 0.15) is 4.90 Å². The summed E-state index contributed by atoms with van der Waals surface area (Å²) in [5, 5.41) is 0. The summed E-state index contributed by atoms with van der Waals surface area (Å²) in [5.41, 5.74) is 0.825. The summed E-state index contributed by atoms with van der Waals surface area (Å²) in [6.07, 6.45) is 5.99. The summed E-state index contributed by atoms with van der Waals surface area (Å²) in [6, 6.07) is 1.68. The fourth-order valence-corrected chi connectivity index (χ4v) is 4.68. The lowest BCUT2D eigenvalue weighted by Crippen LogP contribution is -2.38. The molecule has 0 saturated carbocycles. The molecule has 0 atom stereocenters. The third-order valence-corrected chi connectivity index (χ3v) is 6.27. The Bertz CT molecular complexity index is 546. The highest BCUT2D eigenvalue weighted by Gasteiger charge is 2.30. The first kappa shape index (κ1) is 15.9. The van der Waals surface area contributed by atoms with Gasteiger partial charge in [-0.05, 0) is 24.8 Å². The maximum atomic E-state index is 12.6. The molecule has 1 aliphatic heterocycles. The van der Waals surface area contributed by atoms with Crippen LogP contribution in [0.2, 0.25) is 0 Å². The molecule has 2 rings (SSSR count). The summed E-state index contributed by atoms with van der Waals surface area (Å²) in [6.45, 7) is 3.46. The molecule has 0 radical (unpaired) electrons. The van der Waals surface area contributed by atoms with Crippen LogP contribution >= 0.6 is 11.6 Å². The van der Waals surface area contributed by atoms with Crippen LogP contribution in [0.1, 0.15) is 38.3 Å². The number of nitrogens with zero attached hydrogens (tertiary/aromatic N) is 2. The molecule has 1 aromatic heterocycles. The zero-order chi connectivity index (χ0) is 14.8. The predicted molar refractivity (Wildman–Crippen MR) is 81.4 cm³/mol. The maximum absolute atomic E-state index is 12.6. The molecule has 0 spiro atoms. The van der Waals surface area contributed by atoms with Crippen molar-refractivity contribution in [3.05, 3.63) is 18.0 Å². The minimum Gasteiger partial charge on any atom is -0.352 e. The smallest absolute Gasteiger partial charge is 0.244 e. The molecule has 0 aliphatic carbocycles. The summed E-state index contributed by atoms with van der Waals surface area (Å²) >= 11 is 5.81. The van der Waals surface area contributed by atoms with E-state index in [1.807, 2.05) is 7.05 Å².